The van der Waals surface area contributed by atoms with E-state index in [2.05, 4.69) is 5.32 Å². The van der Waals surface area contributed by atoms with E-state index in [0.717, 1.165) is 0 Å². The van der Waals surface area contributed by atoms with Gasteiger partial charge in [0.15, 0.2) is 6.61 Å². The summed E-state index contributed by atoms with van der Waals surface area (Å²) in [5.74, 6) is -0.0652. The van der Waals surface area contributed by atoms with Crippen molar-refractivity contribution in [2.24, 2.45) is 0 Å². The monoisotopic (exact) mass is 437 g/mol. The van der Waals surface area contributed by atoms with E-state index in [1.807, 2.05) is 6.07 Å². The van der Waals surface area contributed by atoms with E-state index in [-0.39, 0.29) is 38.7 Å². The number of hydrogen-bond acceptors (Lipinski definition) is 6. The zero-order valence-corrected chi connectivity index (χ0v) is 17.6. The van der Waals surface area contributed by atoms with Crippen molar-refractivity contribution in [1.82, 2.24) is 14.5 Å². The van der Waals surface area contributed by atoms with Crippen molar-refractivity contribution in [3.63, 3.8) is 0 Å². The summed E-state index contributed by atoms with van der Waals surface area (Å²) in [5.41, 5.74) is 0. The Hall–Kier alpha value is -2.43. The van der Waals surface area contributed by atoms with E-state index < -0.39 is 22.0 Å². The molecule has 0 bridgehead atoms. The Balaban J connectivity index is 1.46. The highest BCUT2D eigenvalue weighted by Crippen LogP contribution is 2.22. The fourth-order valence-corrected chi connectivity index (χ4v) is 5.54. The van der Waals surface area contributed by atoms with E-state index in [1.165, 1.54) is 15.6 Å². The summed E-state index contributed by atoms with van der Waals surface area (Å²) in [6.45, 7) is 2.44. The van der Waals surface area contributed by atoms with Gasteiger partial charge in [-0.1, -0.05) is 24.3 Å². The molecule has 29 heavy (non-hydrogen) atoms. The van der Waals surface area contributed by atoms with Crippen LogP contribution >= 0.6 is 11.3 Å². The summed E-state index contributed by atoms with van der Waals surface area (Å²) in [7, 11) is -3.51. The number of piperazine rings is 1. The second kappa shape index (κ2) is 9.38. The number of amides is 2. The molecule has 1 aliphatic heterocycles. The molecular formula is C19H23N3O5S2. The predicted molar refractivity (Wildman–Crippen MR) is 109 cm³/mol. The SMILES string of the molecule is CC(NC(=O)COc1ccccc1)C(=O)N1CCN(S(=O)(=O)c2cccs2)CC1. The molecule has 1 aromatic heterocycles. The van der Waals surface area contributed by atoms with Crippen LogP contribution in [0, 0.1) is 0 Å². The number of carbonyl (C=O) groups excluding carboxylic acids is 2. The van der Waals surface area contributed by atoms with Crippen LogP contribution in [0.5, 0.6) is 5.75 Å². The molecule has 2 amide bonds. The van der Waals surface area contributed by atoms with Gasteiger partial charge in [0.2, 0.25) is 5.91 Å². The normalized spacial score (nSPS) is 16.2. The van der Waals surface area contributed by atoms with Crippen molar-refractivity contribution in [2.75, 3.05) is 32.8 Å². The molecule has 3 rings (SSSR count). The average molecular weight is 438 g/mol. The molecule has 0 aliphatic carbocycles. The third-order valence-electron chi connectivity index (χ3n) is 4.50. The Morgan fingerprint density at radius 2 is 1.79 bits per heavy atom. The average Bonchev–Trinajstić information content (AvgIpc) is 3.28. The first-order valence-electron chi connectivity index (χ1n) is 9.17. The molecule has 1 unspecified atom stereocenters. The molecule has 1 saturated heterocycles. The zero-order valence-electron chi connectivity index (χ0n) is 16.0. The Morgan fingerprint density at radius 1 is 1.10 bits per heavy atom. The number of hydrogen-bond donors (Lipinski definition) is 1. The summed E-state index contributed by atoms with van der Waals surface area (Å²) < 4.78 is 32.2. The minimum Gasteiger partial charge on any atom is -0.484 e. The number of benzene rings is 1. The maximum absolute atomic E-state index is 12.6. The minimum absolute atomic E-state index is 0.186. The molecule has 0 spiro atoms. The minimum atomic E-state index is -3.51. The van der Waals surface area contributed by atoms with Gasteiger partial charge in [-0.2, -0.15) is 4.31 Å². The van der Waals surface area contributed by atoms with Gasteiger partial charge in [-0.25, -0.2) is 8.42 Å². The lowest BCUT2D eigenvalue weighted by atomic mass is 10.2. The number of rotatable bonds is 7. The molecular weight excluding hydrogens is 414 g/mol. The number of ether oxygens (including phenoxy) is 1. The molecule has 156 valence electrons. The molecule has 1 aromatic carbocycles. The number of sulfonamides is 1. The number of nitrogens with one attached hydrogen (secondary N) is 1. The maximum Gasteiger partial charge on any atom is 0.258 e. The quantitative estimate of drug-likeness (QED) is 0.701. The van der Waals surface area contributed by atoms with Gasteiger partial charge >= 0.3 is 0 Å². The van der Waals surface area contributed by atoms with Crippen molar-refractivity contribution in [3.8, 4) is 5.75 Å². The highest BCUT2D eigenvalue weighted by Gasteiger charge is 2.32. The molecule has 2 heterocycles. The van der Waals surface area contributed by atoms with Crippen LogP contribution < -0.4 is 10.1 Å². The highest BCUT2D eigenvalue weighted by atomic mass is 32.2. The van der Waals surface area contributed by atoms with Crippen LogP contribution in [0.4, 0.5) is 0 Å². The summed E-state index contributed by atoms with van der Waals surface area (Å²) in [5, 5.41) is 4.35. The van der Waals surface area contributed by atoms with E-state index >= 15 is 0 Å². The van der Waals surface area contributed by atoms with Crippen molar-refractivity contribution < 1.29 is 22.7 Å². The van der Waals surface area contributed by atoms with Gasteiger partial charge in [0.05, 0.1) is 0 Å². The lowest BCUT2D eigenvalue weighted by molar-refractivity contribution is -0.137. The summed E-state index contributed by atoms with van der Waals surface area (Å²) in [6.07, 6.45) is 0. The first kappa shape index (κ1) is 21.3. The van der Waals surface area contributed by atoms with Crippen molar-refractivity contribution >= 4 is 33.2 Å². The van der Waals surface area contributed by atoms with Gasteiger partial charge in [0.1, 0.15) is 16.0 Å². The van der Waals surface area contributed by atoms with Crippen LogP contribution in [0.15, 0.2) is 52.1 Å². The first-order chi connectivity index (χ1) is 13.9. The second-order valence-electron chi connectivity index (χ2n) is 6.55. The number of thiophene rings is 1. The number of nitrogens with zero attached hydrogens (tertiary/aromatic N) is 2. The molecule has 1 N–H and O–H groups in total. The molecule has 0 saturated carbocycles. The van der Waals surface area contributed by atoms with Gasteiger partial charge in [0.25, 0.3) is 15.9 Å². The van der Waals surface area contributed by atoms with E-state index in [1.54, 1.807) is 53.6 Å². The van der Waals surface area contributed by atoms with Gasteiger partial charge in [-0.3, -0.25) is 9.59 Å². The Morgan fingerprint density at radius 3 is 2.41 bits per heavy atom. The molecule has 2 aromatic rings. The van der Waals surface area contributed by atoms with Gasteiger partial charge < -0.3 is 15.0 Å². The number of para-hydroxylation sites is 1. The van der Waals surface area contributed by atoms with Crippen LogP contribution in [0.3, 0.4) is 0 Å². The third kappa shape index (κ3) is 5.34. The summed E-state index contributed by atoms with van der Waals surface area (Å²) in [6, 6.07) is 11.5. The molecule has 1 fully saturated rings. The van der Waals surface area contributed by atoms with Crippen LogP contribution in [0.1, 0.15) is 6.92 Å². The summed E-state index contributed by atoms with van der Waals surface area (Å²) >= 11 is 1.18. The zero-order chi connectivity index (χ0) is 20.9. The molecule has 1 aliphatic rings. The van der Waals surface area contributed by atoms with Crippen molar-refractivity contribution in [3.05, 3.63) is 47.8 Å². The maximum atomic E-state index is 12.6. The van der Waals surface area contributed by atoms with E-state index in [9.17, 15) is 18.0 Å². The van der Waals surface area contributed by atoms with Crippen LogP contribution in [-0.4, -0.2) is 68.3 Å². The van der Waals surface area contributed by atoms with Crippen molar-refractivity contribution in [2.45, 2.75) is 17.2 Å². The van der Waals surface area contributed by atoms with Crippen LogP contribution in [0.2, 0.25) is 0 Å². The van der Waals surface area contributed by atoms with E-state index in [4.69, 9.17) is 4.74 Å². The van der Waals surface area contributed by atoms with Crippen LogP contribution in [0.25, 0.3) is 0 Å². The fourth-order valence-electron chi connectivity index (χ4n) is 2.97. The topological polar surface area (TPSA) is 96.0 Å². The van der Waals surface area contributed by atoms with E-state index in [0.29, 0.717) is 9.96 Å². The lowest BCUT2D eigenvalue weighted by Gasteiger charge is -2.35. The summed E-state index contributed by atoms with van der Waals surface area (Å²) in [4.78, 5) is 26.2. The number of carbonyl (C=O) groups is 2. The highest BCUT2D eigenvalue weighted by molar-refractivity contribution is 7.91. The van der Waals surface area contributed by atoms with Crippen molar-refractivity contribution in [1.29, 1.82) is 0 Å². The Kier molecular flexibility index (Phi) is 6.88. The molecule has 0 radical (unpaired) electrons. The standard InChI is InChI=1S/C19H23N3O5S2/c1-15(20-17(23)14-27-16-6-3-2-4-7-16)19(24)21-9-11-22(12-10-21)29(25,26)18-8-5-13-28-18/h2-8,13,15H,9-12,14H2,1H3,(H,20,23). The predicted octanol–water partition coefficient (Wildman–Crippen LogP) is 1.16. The van der Waals surface area contributed by atoms with Gasteiger partial charge in [-0.15, -0.1) is 11.3 Å². The Labute approximate surface area is 174 Å². The molecule has 1 atom stereocenters. The lowest BCUT2D eigenvalue weighted by Crippen LogP contribution is -2.55. The molecule has 8 nitrogen and oxygen atoms in total. The van der Waals surface area contributed by atoms with Crippen LogP contribution in [-0.2, 0) is 19.6 Å². The first-order valence-corrected chi connectivity index (χ1v) is 11.5. The van der Waals surface area contributed by atoms with Gasteiger partial charge in [-0.05, 0) is 30.5 Å². The Bertz CT molecular complexity index is 924. The third-order valence-corrected chi connectivity index (χ3v) is 7.77. The largest absolute Gasteiger partial charge is 0.484 e. The second-order valence-corrected chi connectivity index (χ2v) is 9.66. The molecule has 10 heteroatoms. The fraction of sp³-hybridized carbons (Fsp3) is 0.368. The smallest absolute Gasteiger partial charge is 0.258 e. The van der Waals surface area contributed by atoms with Gasteiger partial charge in [0, 0.05) is 26.2 Å².